The molecular formula is C14H17BF6N2. The number of hydrogen-bond donors (Lipinski definition) is 0. The minimum absolute atomic E-state index is 0.00542. The maximum Gasteiger partial charge on any atom is 0.523 e. The first-order chi connectivity index (χ1) is 10.3. The van der Waals surface area contributed by atoms with Gasteiger partial charge in [0.2, 0.25) is 0 Å². The molecule has 0 aromatic heterocycles. The van der Waals surface area contributed by atoms with Crippen LogP contribution in [0.4, 0.5) is 32.0 Å². The van der Waals surface area contributed by atoms with Crippen LogP contribution in [-0.2, 0) is 0 Å². The Bertz CT molecular complexity index is 615. The van der Waals surface area contributed by atoms with Crippen LogP contribution in [0.5, 0.6) is 0 Å². The smallest absolute Gasteiger partial charge is 0.443 e. The lowest BCUT2D eigenvalue weighted by molar-refractivity contribution is -0.786. The molecule has 1 aromatic carbocycles. The van der Waals surface area contributed by atoms with Crippen LogP contribution in [0.3, 0.4) is 0 Å². The lowest BCUT2D eigenvalue weighted by Gasteiger charge is -2.72. The van der Waals surface area contributed by atoms with Crippen LogP contribution in [-0.4, -0.2) is 37.1 Å². The minimum Gasteiger partial charge on any atom is -0.443 e. The topological polar surface area (TPSA) is 3.24 Å². The molecule has 9 heteroatoms. The highest BCUT2D eigenvalue weighted by atomic mass is 19.4. The molecule has 0 bridgehead atoms. The van der Waals surface area contributed by atoms with Crippen LogP contribution in [0, 0.1) is 0 Å². The van der Waals surface area contributed by atoms with E-state index in [0.29, 0.717) is 10.4 Å². The Morgan fingerprint density at radius 2 is 1.35 bits per heavy atom. The van der Waals surface area contributed by atoms with E-state index >= 15 is 0 Å². The molecule has 1 aliphatic rings. The number of alkyl halides is 6. The molecule has 1 aliphatic heterocycles. The minimum atomic E-state index is -5.45. The van der Waals surface area contributed by atoms with Crippen LogP contribution >= 0.6 is 0 Å². The summed E-state index contributed by atoms with van der Waals surface area (Å²) in [6.45, 7) is 3.02. The SMILES string of the molecule is CC(C)=C1N(c2ccccc2)[B-](C(F)(F)F)(C(F)(F)F)[N+]1(C)C. The summed E-state index contributed by atoms with van der Waals surface area (Å²) in [5.41, 5.74) is 0.292. The van der Waals surface area contributed by atoms with Crippen molar-refractivity contribution in [1.82, 2.24) is 0 Å². The Kier molecular flexibility index (Phi) is 3.80. The van der Waals surface area contributed by atoms with Crippen LogP contribution in [0.25, 0.3) is 0 Å². The molecule has 1 fully saturated rings. The summed E-state index contributed by atoms with van der Waals surface area (Å²) < 4.78 is 81.2. The van der Waals surface area contributed by atoms with Gasteiger partial charge in [0, 0.05) is 19.8 Å². The van der Waals surface area contributed by atoms with Gasteiger partial charge in [0.15, 0.2) is 0 Å². The van der Waals surface area contributed by atoms with E-state index in [1.54, 1.807) is 6.07 Å². The number of rotatable bonds is 1. The van der Waals surface area contributed by atoms with Crippen molar-refractivity contribution in [3.8, 4) is 0 Å². The summed E-state index contributed by atoms with van der Waals surface area (Å²) in [4.78, 5) is 0.426. The van der Waals surface area contributed by atoms with Gasteiger partial charge in [-0.3, -0.25) is 0 Å². The molecule has 0 N–H and O–H groups in total. The molecule has 2 rings (SSSR count). The molecule has 2 nitrogen and oxygen atoms in total. The largest absolute Gasteiger partial charge is 0.523 e. The summed E-state index contributed by atoms with van der Waals surface area (Å²) in [7, 11) is 1.92. The van der Waals surface area contributed by atoms with E-state index in [-0.39, 0.29) is 11.5 Å². The van der Waals surface area contributed by atoms with Crippen molar-refractivity contribution in [3.05, 3.63) is 41.7 Å². The lowest BCUT2D eigenvalue weighted by atomic mass is 9.34. The third kappa shape index (κ3) is 2.09. The monoisotopic (exact) mass is 338 g/mol. The molecule has 0 atom stereocenters. The molecule has 0 aliphatic carbocycles. The van der Waals surface area contributed by atoms with Crippen LogP contribution in [0.2, 0.25) is 0 Å². The number of anilines is 1. The molecule has 23 heavy (non-hydrogen) atoms. The van der Waals surface area contributed by atoms with E-state index in [9.17, 15) is 26.3 Å². The number of nitrogens with zero attached hydrogens (tertiary/aromatic N) is 2. The van der Waals surface area contributed by atoms with Crippen LogP contribution in [0.1, 0.15) is 13.8 Å². The second-order valence-corrected chi connectivity index (χ2v) is 6.43. The lowest BCUT2D eigenvalue weighted by Crippen LogP contribution is -2.95. The maximum absolute atomic E-state index is 13.7. The summed E-state index contributed by atoms with van der Waals surface area (Å²) >= 11 is 0. The quantitative estimate of drug-likeness (QED) is 0.539. The van der Waals surface area contributed by atoms with E-state index in [2.05, 4.69) is 0 Å². The van der Waals surface area contributed by atoms with Crippen molar-refractivity contribution >= 4 is 12.1 Å². The molecular weight excluding hydrogens is 321 g/mol. The highest BCUT2D eigenvalue weighted by Crippen LogP contribution is 2.59. The van der Waals surface area contributed by atoms with Gasteiger partial charge in [-0.2, -0.15) is 0 Å². The molecule has 0 saturated carbocycles. The van der Waals surface area contributed by atoms with Gasteiger partial charge in [-0.15, -0.1) is 0 Å². The molecule has 0 amide bonds. The maximum atomic E-state index is 13.7. The fourth-order valence-electron chi connectivity index (χ4n) is 3.82. The van der Waals surface area contributed by atoms with Crippen molar-refractivity contribution in [2.45, 2.75) is 26.0 Å². The highest BCUT2D eigenvalue weighted by molar-refractivity contribution is 6.83. The second kappa shape index (κ2) is 4.93. The van der Waals surface area contributed by atoms with Crippen LogP contribution < -0.4 is 4.81 Å². The Morgan fingerprint density at radius 3 is 1.70 bits per heavy atom. The fourth-order valence-corrected chi connectivity index (χ4v) is 3.82. The van der Waals surface area contributed by atoms with Crippen molar-refractivity contribution < 1.29 is 30.7 Å². The number of halogens is 6. The first-order valence-corrected chi connectivity index (χ1v) is 6.95. The molecule has 0 unspecified atom stereocenters. The average molecular weight is 338 g/mol. The summed E-state index contributed by atoms with van der Waals surface area (Å²) in [5, 5.41) is 0. The molecule has 0 spiro atoms. The normalized spacial score (nSPS) is 20.3. The molecule has 0 radical (unpaired) electrons. The standard InChI is InChI=1S/C14H17BF6N2/c1-10(2)12-22(11-8-6-5-7-9-11)15(13(16,17)18,14(19,20)21)23(12,3)4/h5-9H,1-4H3. The van der Waals surface area contributed by atoms with Gasteiger partial charge in [-0.05, 0) is 31.6 Å². The van der Waals surface area contributed by atoms with Gasteiger partial charge < -0.3 is 9.20 Å². The zero-order chi connectivity index (χ0) is 17.8. The average Bonchev–Trinajstić information content (AvgIpc) is 2.33. The van der Waals surface area contributed by atoms with E-state index < -0.39 is 23.0 Å². The predicted octanol–water partition coefficient (Wildman–Crippen LogP) is 4.48. The highest BCUT2D eigenvalue weighted by Gasteiger charge is 2.87. The van der Waals surface area contributed by atoms with Gasteiger partial charge in [0.1, 0.15) is 5.82 Å². The van der Waals surface area contributed by atoms with Crippen molar-refractivity contribution in [1.29, 1.82) is 0 Å². The van der Waals surface area contributed by atoms with Gasteiger partial charge >= 0.3 is 18.6 Å². The van der Waals surface area contributed by atoms with Crippen molar-refractivity contribution in [2.75, 3.05) is 18.9 Å². The zero-order valence-corrected chi connectivity index (χ0v) is 13.1. The second-order valence-electron chi connectivity index (χ2n) is 6.43. The number of allylic oxidation sites excluding steroid dienone is 1. The van der Waals surface area contributed by atoms with Gasteiger partial charge in [-0.25, -0.2) is 26.3 Å². The van der Waals surface area contributed by atoms with Gasteiger partial charge in [0.25, 0.3) is 0 Å². The third-order valence-electron chi connectivity index (χ3n) is 4.48. The summed E-state index contributed by atoms with van der Waals surface area (Å²) in [6.07, 6.45) is -15.8. The van der Waals surface area contributed by atoms with E-state index in [0.717, 1.165) is 14.1 Å². The number of quaternary nitrogens is 1. The Hall–Kier alpha value is -1.64. The van der Waals surface area contributed by atoms with E-state index in [1.165, 1.54) is 38.1 Å². The summed E-state index contributed by atoms with van der Waals surface area (Å²) in [5.74, 6) is 0.00542. The van der Waals surface area contributed by atoms with Crippen LogP contribution in [0.15, 0.2) is 41.7 Å². The first kappa shape index (κ1) is 17.7. The van der Waals surface area contributed by atoms with Crippen molar-refractivity contribution in [3.63, 3.8) is 0 Å². The van der Waals surface area contributed by atoms with Gasteiger partial charge in [-0.1, -0.05) is 18.2 Å². The number of benzene rings is 1. The molecule has 1 saturated heterocycles. The first-order valence-electron chi connectivity index (χ1n) is 6.95. The van der Waals surface area contributed by atoms with E-state index in [4.69, 9.17) is 0 Å². The third-order valence-corrected chi connectivity index (χ3v) is 4.48. The molecule has 1 aromatic rings. The molecule has 1 heterocycles. The Labute approximate surface area is 130 Å². The summed E-state index contributed by atoms with van der Waals surface area (Å²) in [6, 6.07) is 6.90. The van der Waals surface area contributed by atoms with Gasteiger partial charge in [0.05, 0.1) is 0 Å². The van der Waals surface area contributed by atoms with E-state index in [1.807, 2.05) is 0 Å². The Morgan fingerprint density at radius 1 is 0.913 bits per heavy atom. The Balaban J connectivity index is 2.85. The predicted molar refractivity (Wildman–Crippen MR) is 77.3 cm³/mol. The fraction of sp³-hybridized carbons (Fsp3) is 0.429. The number of para-hydroxylation sites is 1. The number of hydrogen-bond acceptors (Lipinski definition) is 1. The molecule has 128 valence electrons. The zero-order valence-electron chi connectivity index (χ0n) is 13.1. The van der Waals surface area contributed by atoms with Crippen molar-refractivity contribution in [2.24, 2.45) is 0 Å².